The molecule has 0 radical (unpaired) electrons. The number of hydrogen-bond donors (Lipinski definition) is 1. The van der Waals surface area contributed by atoms with Crippen LogP contribution in [0.2, 0.25) is 0 Å². The summed E-state index contributed by atoms with van der Waals surface area (Å²) in [5.74, 6) is 0.326. The number of benzene rings is 1. The highest BCUT2D eigenvalue weighted by Gasteiger charge is 2.33. The average molecular weight is 433 g/mol. The minimum atomic E-state index is -0.163. The van der Waals surface area contributed by atoms with Crippen molar-refractivity contribution in [3.63, 3.8) is 0 Å². The third-order valence-corrected chi connectivity index (χ3v) is 5.74. The number of aryl methyl sites for hydroxylation is 1. The highest BCUT2D eigenvalue weighted by molar-refractivity contribution is 5.95. The second-order valence-electron chi connectivity index (χ2n) is 7.94. The maximum Gasteiger partial charge on any atom is 0.274 e. The highest BCUT2D eigenvalue weighted by atomic mass is 16.5. The summed E-state index contributed by atoms with van der Waals surface area (Å²) in [6.07, 6.45) is 8.22. The lowest BCUT2D eigenvalue weighted by Crippen LogP contribution is -2.58. The van der Waals surface area contributed by atoms with Gasteiger partial charge in [-0.3, -0.25) is 24.2 Å². The summed E-state index contributed by atoms with van der Waals surface area (Å²) in [5, 5.41) is 7.19. The Kier molecular flexibility index (Phi) is 5.28. The van der Waals surface area contributed by atoms with Gasteiger partial charge in [0.15, 0.2) is 0 Å². The number of rotatable bonds is 2. The molecule has 0 saturated carbocycles. The summed E-state index contributed by atoms with van der Waals surface area (Å²) in [7, 11) is 1.86. The van der Waals surface area contributed by atoms with E-state index in [1.165, 1.54) is 18.6 Å². The molecule has 1 aromatic carbocycles. The van der Waals surface area contributed by atoms with E-state index < -0.39 is 0 Å². The van der Waals surface area contributed by atoms with Gasteiger partial charge in [-0.05, 0) is 17.7 Å². The zero-order valence-electron chi connectivity index (χ0n) is 17.6. The Morgan fingerprint density at radius 1 is 1.19 bits per heavy atom. The van der Waals surface area contributed by atoms with Gasteiger partial charge in [0, 0.05) is 50.8 Å². The van der Waals surface area contributed by atoms with Gasteiger partial charge in [0.1, 0.15) is 18.1 Å². The van der Waals surface area contributed by atoms with E-state index in [4.69, 9.17) is 4.74 Å². The van der Waals surface area contributed by atoms with Crippen molar-refractivity contribution in [2.45, 2.75) is 6.04 Å². The molecule has 1 fully saturated rings. The zero-order chi connectivity index (χ0) is 22.1. The Balaban J connectivity index is 1.36. The van der Waals surface area contributed by atoms with Crippen molar-refractivity contribution in [2.75, 3.05) is 38.1 Å². The lowest BCUT2D eigenvalue weighted by Gasteiger charge is -2.40. The maximum absolute atomic E-state index is 12.8. The minimum Gasteiger partial charge on any atom is -0.490 e. The third kappa shape index (κ3) is 4.04. The summed E-state index contributed by atoms with van der Waals surface area (Å²) in [5.41, 5.74) is 2.85. The number of anilines is 1. The third-order valence-electron chi connectivity index (χ3n) is 5.74. The normalized spacial score (nSPS) is 19.0. The molecule has 2 aromatic heterocycles. The first-order valence-corrected chi connectivity index (χ1v) is 10.4. The van der Waals surface area contributed by atoms with Crippen molar-refractivity contribution in [3.8, 4) is 16.9 Å². The van der Waals surface area contributed by atoms with Gasteiger partial charge in [0.05, 0.1) is 30.7 Å². The van der Waals surface area contributed by atoms with Crippen molar-refractivity contribution in [1.82, 2.24) is 29.5 Å². The number of ether oxygens (including phenoxy) is 1. The predicted octanol–water partition coefficient (Wildman–Crippen LogP) is 1.03. The van der Waals surface area contributed by atoms with Crippen LogP contribution in [0.1, 0.15) is 10.5 Å². The van der Waals surface area contributed by atoms with E-state index in [9.17, 15) is 9.59 Å². The van der Waals surface area contributed by atoms with E-state index in [-0.39, 0.29) is 24.4 Å². The maximum atomic E-state index is 12.8. The Hall–Kier alpha value is -3.79. The molecule has 164 valence electrons. The molecule has 32 heavy (non-hydrogen) atoms. The van der Waals surface area contributed by atoms with Crippen LogP contribution in [-0.2, 0) is 11.8 Å². The largest absolute Gasteiger partial charge is 0.490 e. The van der Waals surface area contributed by atoms with Gasteiger partial charge in [-0.1, -0.05) is 6.07 Å². The Labute approximate surface area is 184 Å². The second kappa shape index (κ2) is 8.39. The average Bonchev–Trinajstić information content (AvgIpc) is 3.26. The van der Waals surface area contributed by atoms with Gasteiger partial charge in [-0.2, -0.15) is 5.10 Å². The van der Waals surface area contributed by atoms with E-state index in [2.05, 4.69) is 25.3 Å². The molecule has 10 heteroatoms. The van der Waals surface area contributed by atoms with Crippen molar-refractivity contribution < 1.29 is 14.3 Å². The van der Waals surface area contributed by atoms with E-state index in [1.807, 2.05) is 31.4 Å². The standard InChI is InChI=1S/C22H23N7O3/c1-27-11-16(9-25-27)15-2-3-20-18(8-15)26-21(30)13-28-6-7-29(12-17(28)14-32-20)22(31)19-10-23-4-5-24-19/h2-5,8-11,17H,6-7,12-14H2,1H3,(H,26,30)/t17-/m0/s1. The van der Waals surface area contributed by atoms with Crippen molar-refractivity contribution in [1.29, 1.82) is 0 Å². The quantitative estimate of drug-likeness (QED) is 0.644. The SMILES string of the molecule is Cn1cc(-c2ccc3c(c2)NC(=O)CN2CCN(C(=O)c4cnccn4)C[C@H]2CO3)cn1. The minimum absolute atomic E-state index is 0.112. The van der Waals surface area contributed by atoms with Crippen molar-refractivity contribution in [2.24, 2.45) is 7.05 Å². The van der Waals surface area contributed by atoms with Crippen LogP contribution in [0.4, 0.5) is 5.69 Å². The monoisotopic (exact) mass is 433 g/mol. The van der Waals surface area contributed by atoms with Crippen LogP contribution in [0.15, 0.2) is 49.2 Å². The van der Waals surface area contributed by atoms with Crippen LogP contribution in [0.3, 0.4) is 0 Å². The first kappa shape index (κ1) is 20.1. The number of nitrogens with one attached hydrogen (secondary N) is 1. The van der Waals surface area contributed by atoms with Gasteiger partial charge < -0.3 is 15.0 Å². The van der Waals surface area contributed by atoms with E-state index in [1.54, 1.807) is 15.8 Å². The summed E-state index contributed by atoms with van der Waals surface area (Å²) >= 11 is 0. The van der Waals surface area contributed by atoms with Gasteiger partial charge in [0.25, 0.3) is 5.91 Å². The molecule has 1 saturated heterocycles. The van der Waals surface area contributed by atoms with Crippen LogP contribution in [-0.4, -0.2) is 80.2 Å². The lowest BCUT2D eigenvalue weighted by molar-refractivity contribution is -0.118. The fraction of sp³-hybridized carbons (Fsp3) is 0.318. The number of hydrogen-bond acceptors (Lipinski definition) is 7. The van der Waals surface area contributed by atoms with Gasteiger partial charge in [0.2, 0.25) is 5.91 Å². The highest BCUT2D eigenvalue weighted by Crippen LogP contribution is 2.32. The van der Waals surface area contributed by atoms with E-state index in [0.717, 1.165) is 11.1 Å². The van der Waals surface area contributed by atoms with Crippen LogP contribution >= 0.6 is 0 Å². The number of aromatic nitrogens is 4. The van der Waals surface area contributed by atoms with Crippen LogP contribution in [0.25, 0.3) is 11.1 Å². The zero-order valence-corrected chi connectivity index (χ0v) is 17.6. The number of fused-ring (bicyclic) bond motifs is 2. The topological polar surface area (TPSA) is 105 Å². The summed E-state index contributed by atoms with van der Waals surface area (Å²) in [4.78, 5) is 37.5. The van der Waals surface area contributed by atoms with Crippen LogP contribution in [0, 0.1) is 0 Å². The molecule has 0 aliphatic carbocycles. The van der Waals surface area contributed by atoms with Crippen molar-refractivity contribution >= 4 is 17.5 Å². The molecular weight excluding hydrogens is 410 g/mol. The number of amides is 2. The van der Waals surface area contributed by atoms with Crippen LogP contribution < -0.4 is 10.1 Å². The lowest BCUT2D eigenvalue weighted by atomic mass is 10.1. The fourth-order valence-corrected chi connectivity index (χ4v) is 4.08. The molecular formula is C22H23N7O3. The molecule has 1 N–H and O–H groups in total. The molecule has 4 heterocycles. The van der Waals surface area contributed by atoms with Gasteiger partial charge in [-0.25, -0.2) is 4.98 Å². The molecule has 0 bridgehead atoms. The first-order chi connectivity index (χ1) is 15.6. The molecule has 0 unspecified atom stereocenters. The Morgan fingerprint density at radius 3 is 2.88 bits per heavy atom. The van der Waals surface area contributed by atoms with E-state index >= 15 is 0 Å². The number of carbonyl (C=O) groups is 2. The molecule has 2 amide bonds. The Bertz CT molecular complexity index is 1150. The number of carbonyl (C=O) groups excluding carboxylic acids is 2. The molecule has 1 atom stereocenters. The number of piperazine rings is 1. The van der Waals surface area contributed by atoms with Gasteiger partial charge in [-0.15, -0.1) is 0 Å². The fourth-order valence-electron chi connectivity index (χ4n) is 4.08. The summed E-state index contributed by atoms with van der Waals surface area (Å²) < 4.78 is 7.85. The van der Waals surface area contributed by atoms with Crippen LogP contribution in [0.5, 0.6) is 5.75 Å². The first-order valence-electron chi connectivity index (χ1n) is 10.4. The summed E-state index contributed by atoms with van der Waals surface area (Å²) in [6, 6.07) is 5.60. The molecule has 2 aliphatic rings. The second-order valence-corrected chi connectivity index (χ2v) is 7.94. The molecule has 10 nitrogen and oxygen atoms in total. The summed E-state index contributed by atoms with van der Waals surface area (Å²) in [6.45, 7) is 2.13. The molecule has 2 aliphatic heterocycles. The van der Waals surface area contributed by atoms with E-state index in [0.29, 0.717) is 43.4 Å². The molecule has 3 aromatic rings. The van der Waals surface area contributed by atoms with Crippen molar-refractivity contribution in [3.05, 3.63) is 54.9 Å². The smallest absolute Gasteiger partial charge is 0.274 e. The Morgan fingerprint density at radius 2 is 2.09 bits per heavy atom. The molecule has 5 rings (SSSR count). The number of nitrogens with zero attached hydrogens (tertiary/aromatic N) is 6. The molecule has 0 spiro atoms. The van der Waals surface area contributed by atoms with Gasteiger partial charge >= 0.3 is 0 Å². The predicted molar refractivity (Wildman–Crippen MR) is 116 cm³/mol.